The van der Waals surface area contributed by atoms with Gasteiger partial charge in [0, 0.05) is 25.4 Å². The summed E-state index contributed by atoms with van der Waals surface area (Å²) in [5, 5.41) is 12.1. The molecule has 1 aromatic carbocycles. The zero-order valence-electron chi connectivity index (χ0n) is 11.4. The van der Waals surface area contributed by atoms with Crippen LogP contribution in [0.25, 0.3) is 0 Å². The van der Waals surface area contributed by atoms with Crippen LogP contribution in [-0.2, 0) is 11.2 Å². The Hall–Kier alpha value is -1.55. The van der Waals surface area contributed by atoms with Gasteiger partial charge < -0.3 is 15.3 Å². The van der Waals surface area contributed by atoms with Crippen LogP contribution >= 0.6 is 0 Å². The van der Waals surface area contributed by atoms with Gasteiger partial charge in [0.2, 0.25) is 5.91 Å². The summed E-state index contributed by atoms with van der Waals surface area (Å²) < 4.78 is 0. The number of aliphatic hydroxyl groups is 1. The number of anilines is 1. The molecule has 0 saturated carbocycles. The van der Waals surface area contributed by atoms with E-state index in [1.54, 1.807) is 0 Å². The summed E-state index contributed by atoms with van der Waals surface area (Å²) >= 11 is 0. The molecule has 1 unspecified atom stereocenters. The van der Waals surface area contributed by atoms with E-state index in [-0.39, 0.29) is 18.6 Å². The smallest absolute Gasteiger partial charge is 0.242 e. The Morgan fingerprint density at radius 1 is 1.37 bits per heavy atom. The standard InChI is InChI=1S/C15H22N2O2/c1-2-12-4-6-13(7-5-12)17-10-3-9-16-15(19)14(17)8-11-18/h4-7,14,18H,2-3,8-11H2,1H3,(H,16,19). The van der Waals surface area contributed by atoms with Crippen molar-refractivity contribution in [3.63, 3.8) is 0 Å². The highest BCUT2D eigenvalue weighted by Gasteiger charge is 2.27. The molecule has 1 amide bonds. The van der Waals surface area contributed by atoms with E-state index in [0.29, 0.717) is 13.0 Å². The average Bonchev–Trinajstić information content (AvgIpc) is 2.62. The van der Waals surface area contributed by atoms with E-state index in [0.717, 1.165) is 25.1 Å². The van der Waals surface area contributed by atoms with E-state index in [1.165, 1.54) is 5.56 Å². The number of benzene rings is 1. The van der Waals surface area contributed by atoms with Gasteiger partial charge in [0.15, 0.2) is 0 Å². The first kappa shape index (κ1) is 13.9. The number of aliphatic hydroxyl groups excluding tert-OH is 1. The van der Waals surface area contributed by atoms with E-state index >= 15 is 0 Å². The lowest BCUT2D eigenvalue weighted by atomic mass is 10.1. The highest BCUT2D eigenvalue weighted by molar-refractivity contribution is 5.85. The molecule has 1 atom stereocenters. The molecule has 0 radical (unpaired) electrons. The molecule has 4 nitrogen and oxygen atoms in total. The van der Waals surface area contributed by atoms with Crippen molar-refractivity contribution >= 4 is 11.6 Å². The molecule has 2 N–H and O–H groups in total. The van der Waals surface area contributed by atoms with Gasteiger partial charge in [-0.15, -0.1) is 0 Å². The van der Waals surface area contributed by atoms with Gasteiger partial charge in [-0.3, -0.25) is 4.79 Å². The normalized spacial score (nSPS) is 20.0. The van der Waals surface area contributed by atoms with Crippen molar-refractivity contribution in [3.05, 3.63) is 29.8 Å². The molecule has 19 heavy (non-hydrogen) atoms. The number of carbonyl (C=O) groups is 1. The molecular formula is C15H22N2O2. The molecule has 1 aliphatic rings. The number of hydrogen-bond donors (Lipinski definition) is 2. The van der Waals surface area contributed by atoms with Gasteiger partial charge in [-0.25, -0.2) is 0 Å². The molecule has 1 heterocycles. The minimum atomic E-state index is -0.264. The molecule has 1 fully saturated rings. The Morgan fingerprint density at radius 2 is 2.11 bits per heavy atom. The Morgan fingerprint density at radius 3 is 2.74 bits per heavy atom. The minimum Gasteiger partial charge on any atom is -0.396 e. The van der Waals surface area contributed by atoms with Crippen molar-refractivity contribution < 1.29 is 9.90 Å². The number of nitrogens with zero attached hydrogens (tertiary/aromatic N) is 1. The van der Waals surface area contributed by atoms with Crippen molar-refractivity contribution in [3.8, 4) is 0 Å². The second kappa shape index (κ2) is 6.57. The van der Waals surface area contributed by atoms with Gasteiger partial charge in [-0.1, -0.05) is 19.1 Å². The molecule has 4 heteroatoms. The summed E-state index contributed by atoms with van der Waals surface area (Å²) in [6.07, 6.45) is 2.42. The van der Waals surface area contributed by atoms with Gasteiger partial charge in [0.05, 0.1) is 0 Å². The lowest BCUT2D eigenvalue weighted by molar-refractivity contribution is -0.122. The van der Waals surface area contributed by atoms with Crippen LogP contribution in [0.5, 0.6) is 0 Å². The third-order valence-corrected chi connectivity index (χ3v) is 3.63. The maximum absolute atomic E-state index is 12.0. The fourth-order valence-corrected chi connectivity index (χ4v) is 2.52. The SMILES string of the molecule is CCc1ccc(N2CCCNC(=O)C2CCO)cc1. The molecule has 1 aliphatic heterocycles. The molecule has 1 saturated heterocycles. The third kappa shape index (κ3) is 3.26. The molecule has 0 aromatic heterocycles. The summed E-state index contributed by atoms with van der Waals surface area (Å²) in [7, 11) is 0. The van der Waals surface area contributed by atoms with Gasteiger partial charge in [0.25, 0.3) is 0 Å². The van der Waals surface area contributed by atoms with E-state index < -0.39 is 0 Å². The van der Waals surface area contributed by atoms with Crippen molar-refractivity contribution in [2.75, 3.05) is 24.6 Å². The first-order chi connectivity index (χ1) is 9.26. The predicted octanol–water partition coefficient (Wildman–Crippen LogP) is 1.33. The Kier molecular flexibility index (Phi) is 4.80. The Bertz CT molecular complexity index is 417. The van der Waals surface area contributed by atoms with Crippen molar-refractivity contribution in [1.82, 2.24) is 5.32 Å². The van der Waals surface area contributed by atoms with Crippen molar-refractivity contribution in [2.24, 2.45) is 0 Å². The van der Waals surface area contributed by atoms with Crippen LogP contribution in [0.1, 0.15) is 25.3 Å². The zero-order chi connectivity index (χ0) is 13.7. The average molecular weight is 262 g/mol. The second-order valence-corrected chi connectivity index (χ2v) is 4.89. The maximum atomic E-state index is 12.0. The van der Waals surface area contributed by atoms with Crippen LogP contribution in [0.3, 0.4) is 0 Å². The van der Waals surface area contributed by atoms with Crippen molar-refractivity contribution in [2.45, 2.75) is 32.2 Å². The second-order valence-electron chi connectivity index (χ2n) is 4.89. The van der Waals surface area contributed by atoms with Crippen LogP contribution in [-0.4, -0.2) is 36.8 Å². The predicted molar refractivity (Wildman–Crippen MR) is 76.3 cm³/mol. The lowest BCUT2D eigenvalue weighted by Gasteiger charge is -2.30. The van der Waals surface area contributed by atoms with Crippen LogP contribution in [0.2, 0.25) is 0 Å². The van der Waals surface area contributed by atoms with Crippen LogP contribution in [0, 0.1) is 0 Å². The summed E-state index contributed by atoms with van der Waals surface area (Å²) in [4.78, 5) is 14.2. The van der Waals surface area contributed by atoms with Gasteiger partial charge in [-0.05, 0) is 37.0 Å². The van der Waals surface area contributed by atoms with Crippen molar-refractivity contribution in [1.29, 1.82) is 0 Å². The maximum Gasteiger partial charge on any atom is 0.242 e. The zero-order valence-corrected chi connectivity index (χ0v) is 11.4. The molecule has 0 bridgehead atoms. The monoisotopic (exact) mass is 262 g/mol. The summed E-state index contributed by atoms with van der Waals surface area (Å²) in [6.45, 7) is 3.71. The first-order valence-electron chi connectivity index (χ1n) is 7.00. The fraction of sp³-hybridized carbons (Fsp3) is 0.533. The number of nitrogens with one attached hydrogen (secondary N) is 1. The highest BCUT2D eigenvalue weighted by atomic mass is 16.3. The summed E-state index contributed by atoms with van der Waals surface area (Å²) in [5.74, 6) is 0.0196. The van der Waals surface area contributed by atoms with E-state index in [2.05, 4.69) is 41.4 Å². The third-order valence-electron chi connectivity index (χ3n) is 3.63. The van der Waals surface area contributed by atoms with Gasteiger partial charge in [-0.2, -0.15) is 0 Å². The fourth-order valence-electron chi connectivity index (χ4n) is 2.52. The molecule has 2 rings (SSSR count). The van der Waals surface area contributed by atoms with Gasteiger partial charge in [0.1, 0.15) is 6.04 Å². The Labute approximate surface area is 114 Å². The summed E-state index contributed by atoms with van der Waals surface area (Å²) in [6, 6.07) is 8.09. The first-order valence-corrected chi connectivity index (χ1v) is 7.00. The molecule has 1 aromatic rings. The molecular weight excluding hydrogens is 240 g/mol. The minimum absolute atomic E-state index is 0.0196. The number of aryl methyl sites for hydroxylation is 1. The highest BCUT2D eigenvalue weighted by Crippen LogP contribution is 2.21. The largest absolute Gasteiger partial charge is 0.396 e. The van der Waals surface area contributed by atoms with Gasteiger partial charge >= 0.3 is 0 Å². The number of amides is 1. The summed E-state index contributed by atoms with van der Waals surface area (Å²) in [5.41, 5.74) is 2.36. The number of rotatable bonds is 4. The van der Waals surface area contributed by atoms with E-state index in [1.807, 2.05) is 0 Å². The number of carbonyl (C=O) groups excluding carboxylic acids is 1. The van der Waals surface area contributed by atoms with Crippen LogP contribution in [0.4, 0.5) is 5.69 Å². The van der Waals surface area contributed by atoms with E-state index in [9.17, 15) is 4.79 Å². The van der Waals surface area contributed by atoms with Crippen LogP contribution < -0.4 is 10.2 Å². The molecule has 0 aliphatic carbocycles. The Balaban J connectivity index is 2.23. The topological polar surface area (TPSA) is 52.6 Å². The number of hydrogen-bond acceptors (Lipinski definition) is 3. The van der Waals surface area contributed by atoms with Crippen LogP contribution in [0.15, 0.2) is 24.3 Å². The molecule has 104 valence electrons. The van der Waals surface area contributed by atoms with E-state index in [4.69, 9.17) is 5.11 Å². The lowest BCUT2D eigenvalue weighted by Crippen LogP contribution is -2.45. The quantitative estimate of drug-likeness (QED) is 0.860. The molecule has 0 spiro atoms.